The van der Waals surface area contributed by atoms with Crippen molar-refractivity contribution in [3.8, 4) is 6.07 Å². The first-order chi connectivity index (χ1) is 8.67. The van der Waals surface area contributed by atoms with Crippen molar-refractivity contribution in [3.05, 3.63) is 16.8 Å². The Bertz CT molecular complexity index is 482. The molecular formula is C12H17N5O. The Balaban J connectivity index is 2.33. The minimum Gasteiger partial charge on any atom is -0.373 e. The third-order valence-corrected chi connectivity index (χ3v) is 3.25. The first-order valence-electron chi connectivity index (χ1n) is 5.98. The number of anilines is 1. The van der Waals surface area contributed by atoms with E-state index in [-0.39, 0.29) is 6.10 Å². The van der Waals surface area contributed by atoms with Crippen molar-refractivity contribution in [1.29, 1.82) is 5.26 Å². The van der Waals surface area contributed by atoms with Crippen LogP contribution in [-0.4, -0.2) is 42.5 Å². The number of nitriles is 1. The summed E-state index contributed by atoms with van der Waals surface area (Å²) in [6, 6.07) is 2.22. The van der Waals surface area contributed by atoms with Crippen LogP contribution >= 0.6 is 0 Å². The molecular weight excluding hydrogens is 230 g/mol. The average molecular weight is 247 g/mol. The Hall–Kier alpha value is -1.71. The van der Waals surface area contributed by atoms with Crippen LogP contribution in [-0.2, 0) is 4.74 Å². The average Bonchev–Trinajstić information content (AvgIpc) is 2.41. The summed E-state index contributed by atoms with van der Waals surface area (Å²) in [4.78, 5) is 2.03. The molecule has 2 N–H and O–H groups in total. The van der Waals surface area contributed by atoms with Gasteiger partial charge >= 0.3 is 0 Å². The second kappa shape index (κ2) is 5.29. The van der Waals surface area contributed by atoms with Gasteiger partial charge in [-0.2, -0.15) is 10.4 Å². The lowest BCUT2D eigenvalue weighted by Crippen LogP contribution is -2.46. The molecule has 1 aliphatic rings. The van der Waals surface area contributed by atoms with Crippen molar-refractivity contribution in [2.45, 2.75) is 20.0 Å². The first kappa shape index (κ1) is 12.7. The van der Waals surface area contributed by atoms with Gasteiger partial charge in [-0.25, -0.2) is 0 Å². The van der Waals surface area contributed by atoms with Crippen LogP contribution in [0.3, 0.4) is 0 Å². The highest BCUT2D eigenvalue weighted by Gasteiger charge is 2.24. The van der Waals surface area contributed by atoms with Gasteiger partial charge in [0.15, 0.2) is 5.82 Å². The van der Waals surface area contributed by atoms with E-state index in [2.05, 4.69) is 16.3 Å². The molecule has 1 unspecified atom stereocenters. The van der Waals surface area contributed by atoms with E-state index >= 15 is 0 Å². The number of morpholine rings is 1. The van der Waals surface area contributed by atoms with Crippen molar-refractivity contribution in [2.24, 2.45) is 5.73 Å². The van der Waals surface area contributed by atoms with Crippen LogP contribution < -0.4 is 10.6 Å². The summed E-state index contributed by atoms with van der Waals surface area (Å²) in [6.07, 6.45) is -0.00583. The quantitative estimate of drug-likeness (QED) is 0.799. The molecule has 0 aromatic carbocycles. The highest BCUT2D eigenvalue weighted by molar-refractivity contribution is 5.57. The van der Waals surface area contributed by atoms with Gasteiger partial charge in [0.1, 0.15) is 11.6 Å². The van der Waals surface area contributed by atoms with Crippen molar-refractivity contribution in [1.82, 2.24) is 10.2 Å². The summed E-state index contributed by atoms with van der Waals surface area (Å²) < 4.78 is 5.51. The standard InChI is InChI=1S/C12H17N5O/c1-8-9(2)15-16-12(11(8)6-14)17-3-4-18-10(5-13)7-17/h10H,3-5,7,13H2,1-2H3. The highest BCUT2D eigenvalue weighted by Crippen LogP contribution is 2.22. The zero-order valence-electron chi connectivity index (χ0n) is 10.7. The molecule has 6 heteroatoms. The Morgan fingerprint density at radius 1 is 1.50 bits per heavy atom. The van der Waals surface area contributed by atoms with E-state index < -0.39 is 0 Å². The molecule has 0 bridgehead atoms. The molecule has 0 saturated carbocycles. The van der Waals surface area contributed by atoms with E-state index in [1.165, 1.54) is 0 Å². The maximum Gasteiger partial charge on any atom is 0.169 e. The molecule has 18 heavy (non-hydrogen) atoms. The highest BCUT2D eigenvalue weighted by atomic mass is 16.5. The minimum atomic E-state index is -0.00583. The van der Waals surface area contributed by atoms with Crippen LogP contribution in [0.4, 0.5) is 5.82 Å². The predicted octanol–water partition coefficient (Wildman–Crippen LogP) is 0.129. The van der Waals surface area contributed by atoms with Crippen LogP contribution in [0.1, 0.15) is 16.8 Å². The Morgan fingerprint density at radius 3 is 2.94 bits per heavy atom. The SMILES string of the molecule is Cc1nnc(N2CCOC(CN)C2)c(C#N)c1C. The summed E-state index contributed by atoms with van der Waals surface area (Å²) in [5.74, 6) is 0.641. The van der Waals surface area contributed by atoms with Gasteiger partial charge in [-0.15, -0.1) is 5.10 Å². The second-order valence-corrected chi connectivity index (χ2v) is 4.40. The zero-order chi connectivity index (χ0) is 13.1. The summed E-state index contributed by atoms with van der Waals surface area (Å²) >= 11 is 0. The maximum atomic E-state index is 9.28. The van der Waals surface area contributed by atoms with E-state index in [0.29, 0.717) is 37.6 Å². The van der Waals surface area contributed by atoms with Gasteiger partial charge in [0.25, 0.3) is 0 Å². The Kier molecular flexibility index (Phi) is 3.75. The predicted molar refractivity (Wildman–Crippen MR) is 67.2 cm³/mol. The van der Waals surface area contributed by atoms with Gasteiger partial charge in [-0.1, -0.05) is 0 Å². The Morgan fingerprint density at radius 2 is 2.28 bits per heavy atom. The minimum absolute atomic E-state index is 0.00583. The number of ether oxygens (including phenoxy) is 1. The lowest BCUT2D eigenvalue weighted by molar-refractivity contribution is 0.0462. The summed E-state index contributed by atoms with van der Waals surface area (Å²) in [5, 5.41) is 17.5. The molecule has 1 aliphatic heterocycles. The van der Waals surface area contributed by atoms with Crippen LogP contribution in [0.15, 0.2) is 0 Å². The van der Waals surface area contributed by atoms with E-state index in [4.69, 9.17) is 10.5 Å². The van der Waals surface area contributed by atoms with Gasteiger partial charge in [-0.05, 0) is 19.4 Å². The van der Waals surface area contributed by atoms with E-state index in [1.807, 2.05) is 18.7 Å². The molecule has 2 rings (SSSR count). The number of hydrogen-bond donors (Lipinski definition) is 1. The van der Waals surface area contributed by atoms with Crippen molar-refractivity contribution < 1.29 is 4.74 Å². The Labute approximate surface area is 106 Å². The fourth-order valence-corrected chi connectivity index (χ4v) is 2.01. The second-order valence-electron chi connectivity index (χ2n) is 4.40. The molecule has 0 radical (unpaired) electrons. The molecule has 1 saturated heterocycles. The van der Waals surface area contributed by atoms with Gasteiger partial charge in [0.05, 0.1) is 18.4 Å². The topological polar surface area (TPSA) is 88.1 Å². The van der Waals surface area contributed by atoms with Crippen LogP contribution in [0.25, 0.3) is 0 Å². The molecule has 0 spiro atoms. The molecule has 1 atom stereocenters. The molecule has 1 aromatic rings. The summed E-state index contributed by atoms with van der Waals surface area (Å²) in [5.41, 5.74) is 7.89. The largest absolute Gasteiger partial charge is 0.373 e. The molecule has 1 fully saturated rings. The summed E-state index contributed by atoms with van der Waals surface area (Å²) in [7, 11) is 0. The van der Waals surface area contributed by atoms with Gasteiger partial charge < -0.3 is 15.4 Å². The molecule has 96 valence electrons. The fraction of sp³-hybridized carbons (Fsp3) is 0.583. The van der Waals surface area contributed by atoms with Crippen molar-refractivity contribution in [3.63, 3.8) is 0 Å². The van der Waals surface area contributed by atoms with Crippen molar-refractivity contribution in [2.75, 3.05) is 31.1 Å². The lowest BCUT2D eigenvalue weighted by Gasteiger charge is -2.33. The number of aromatic nitrogens is 2. The normalized spacial score (nSPS) is 19.7. The fourth-order valence-electron chi connectivity index (χ4n) is 2.01. The van der Waals surface area contributed by atoms with E-state index in [9.17, 15) is 5.26 Å². The maximum absolute atomic E-state index is 9.28. The first-order valence-corrected chi connectivity index (χ1v) is 5.98. The molecule has 0 amide bonds. The van der Waals surface area contributed by atoms with Crippen molar-refractivity contribution >= 4 is 5.82 Å². The van der Waals surface area contributed by atoms with Gasteiger partial charge in [-0.3, -0.25) is 0 Å². The molecule has 2 heterocycles. The zero-order valence-corrected chi connectivity index (χ0v) is 10.7. The number of rotatable bonds is 2. The lowest BCUT2D eigenvalue weighted by atomic mass is 10.1. The van der Waals surface area contributed by atoms with E-state index in [0.717, 1.165) is 11.3 Å². The summed E-state index contributed by atoms with van der Waals surface area (Å²) in [6.45, 7) is 6.19. The molecule has 6 nitrogen and oxygen atoms in total. The molecule has 0 aliphatic carbocycles. The third kappa shape index (κ3) is 2.28. The van der Waals surface area contributed by atoms with Crippen LogP contribution in [0, 0.1) is 25.2 Å². The van der Waals surface area contributed by atoms with Gasteiger partial charge in [0.2, 0.25) is 0 Å². The molecule has 1 aromatic heterocycles. The van der Waals surface area contributed by atoms with Gasteiger partial charge in [0, 0.05) is 19.6 Å². The smallest absolute Gasteiger partial charge is 0.169 e. The number of hydrogen-bond acceptors (Lipinski definition) is 6. The van der Waals surface area contributed by atoms with Crippen LogP contribution in [0.2, 0.25) is 0 Å². The number of nitrogens with two attached hydrogens (primary N) is 1. The number of nitrogens with zero attached hydrogens (tertiary/aromatic N) is 4. The van der Waals surface area contributed by atoms with Crippen LogP contribution in [0.5, 0.6) is 0 Å². The monoisotopic (exact) mass is 247 g/mol. The number of aryl methyl sites for hydroxylation is 1. The third-order valence-electron chi connectivity index (χ3n) is 3.25. The van der Waals surface area contributed by atoms with E-state index in [1.54, 1.807) is 0 Å².